The van der Waals surface area contributed by atoms with E-state index in [1.165, 1.54) is 17.8 Å². The molecule has 0 bridgehead atoms. The van der Waals surface area contributed by atoms with Crippen LogP contribution in [0.15, 0.2) is 18.2 Å². The fourth-order valence-electron chi connectivity index (χ4n) is 3.71. The molecule has 3 aliphatic rings. The fourth-order valence-corrected chi connectivity index (χ4v) is 4.74. The van der Waals surface area contributed by atoms with E-state index < -0.39 is 0 Å². The predicted molar refractivity (Wildman–Crippen MR) is 125 cm³/mol. The van der Waals surface area contributed by atoms with Crippen LogP contribution >= 0.6 is 11.3 Å². The molecule has 1 saturated carbocycles. The molecule has 1 aliphatic carbocycles. The Morgan fingerprint density at radius 2 is 2.00 bits per heavy atom. The minimum absolute atomic E-state index is 0.0133. The van der Waals surface area contributed by atoms with E-state index in [0.717, 1.165) is 46.7 Å². The van der Waals surface area contributed by atoms with Crippen LogP contribution in [0.4, 0.5) is 4.79 Å². The lowest BCUT2D eigenvalue weighted by molar-refractivity contribution is -0.171. The van der Waals surface area contributed by atoms with Gasteiger partial charge in [-0.05, 0) is 63.2 Å². The van der Waals surface area contributed by atoms with E-state index in [0.29, 0.717) is 19.8 Å². The van der Waals surface area contributed by atoms with Gasteiger partial charge in [0.1, 0.15) is 0 Å². The zero-order valence-corrected chi connectivity index (χ0v) is 19.8. The van der Waals surface area contributed by atoms with Crippen molar-refractivity contribution in [2.45, 2.75) is 46.1 Å². The maximum Gasteiger partial charge on any atom is 0.410 e. The van der Waals surface area contributed by atoms with Crippen LogP contribution in [0.3, 0.4) is 0 Å². The van der Waals surface area contributed by atoms with Gasteiger partial charge in [0, 0.05) is 24.5 Å². The van der Waals surface area contributed by atoms with Gasteiger partial charge in [-0.2, -0.15) is 0 Å². The zero-order chi connectivity index (χ0) is 22.4. The molecule has 3 fully saturated rings. The van der Waals surface area contributed by atoms with E-state index in [-0.39, 0.29) is 17.6 Å². The SMILES string of the molecule is C/C=C\c1sc(C(=O)NCC)cc1/C=C/CC.CC1(OC(=O)N2CC3CC3C2)COC1. The summed E-state index contributed by atoms with van der Waals surface area (Å²) >= 11 is 1.53. The Balaban J connectivity index is 0.000000178. The molecule has 1 aromatic rings. The first-order valence-electron chi connectivity index (χ1n) is 11.2. The van der Waals surface area contributed by atoms with Gasteiger partial charge in [0.2, 0.25) is 0 Å². The van der Waals surface area contributed by atoms with Gasteiger partial charge in [-0.3, -0.25) is 4.79 Å². The third-order valence-electron chi connectivity index (χ3n) is 5.59. The number of nitrogens with one attached hydrogen (secondary N) is 1. The van der Waals surface area contributed by atoms with Gasteiger partial charge in [0.25, 0.3) is 5.91 Å². The van der Waals surface area contributed by atoms with Crippen LogP contribution in [0.5, 0.6) is 0 Å². The quantitative estimate of drug-likeness (QED) is 0.680. The molecule has 2 saturated heterocycles. The number of nitrogens with zero attached hydrogens (tertiary/aromatic N) is 1. The Morgan fingerprint density at radius 3 is 2.55 bits per heavy atom. The van der Waals surface area contributed by atoms with Crippen molar-refractivity contribution in [3.63, 3.8) is 0 Å². The molecular formula is C24H34N2O4S. The van der Waals surface area contributed by atoms with E-state index in [4.69, 9.17) is 9.47 Å². The molecule has 4 rings (SSSR count). The molecule has 1 aromatic heterocycles. The number of rotatable bonds is 6. The Bertz CT molecular complexity index is 831. The second-order valence-electron chi connectivity index (χ2n) is 8.57. The Kier molecular flexibility index (Phi) is 7.94. The third-order valence-corrected chi connectivity index (χ3v) is 6.70. The summed E-state index contributed by atoms with van der Waals surface area (Å²) < 4.78 is 10.4. The lowest BCUT2D eigenvalue weighted by Gasteiger charge is -2.38. The number of thiophene rings is 1. The van der Waals surface area contributed by atoms with Crippen molar-refractivity contribution in [2.75, 3.05) is 32.8 Å². The molecule has 0 aromatic carbocycles. The van der Waals surface area contributed by atoms with Crippen LogP contribution in [0.2, 0.25) is 0 Å². The van der Waals surface area contributed by atoms with Crippen molar-refractivity contribution in [3.8, 4) is 0 Å². The first-order valence-corrected chi connectivity index (χ1v) is 12.0. The van der Waals surface area contributed by atoms with Crippen LogP contribution in [-0.4, -0.2) is 55.3 Å². The fraction of sp³-hybridized carbons (Fsp3) is 0.583. The number of carbonyl (C=O) groups is 2. The van der Waals surface area contributed by atoms with Crippen LogP contribution < -0.4 is 5.32 Å². The normalized spacial score (nSPS) is 23.2. The number of hydrogen-bond donors (Lipinski definition) is 1. The molecule has 0 radical (unpaired) electrons. The number of piperidine rings is 1. The summed E-state index contributed by atoms with van der Waals surface area (Å²) in [5, 5.41) is 2.82. The number of allylic oxidation sites excluding steroid dienone is 2. The van der Waals surface area contributed by atoms with Crippen molar-refractivity contribution >= 4 is 35.5 Å². The molecular weight excluding hydrogens is 412 g/mol. The van der Waals surface area contributed by atoms with E-state index in [1.54, 1.807) is 0 Å². The molecule has 2 aliphatic heterocycles. The van der Waals surface area contributed by atoms with E-state index in [9.17, 15) is 9.59 Å². The molecule has 3 heterocycles. The summed E-state index contributed by atoms with van der Waals surface area (Å²) in [4.78, 5) is 27.2. The third kappa shape index (κ3) is 6.20. The summed E-state index contributed by atoms with van der Waals surface area (Å²) in [6.45, 7) is 11.5. The van der Waals surface area contributed by atoms with Crippen molar-refractivity contribution in [3.05, 3.63) is 33.5 Å². The largest absolute Gasteiger partial charge is 0.438 e. The van der Waals surface area contributed by atoms with Crippen LogP contribution in [0.1, 0.15) is 60.6 Å². The number of hydrogen-bond acceptors (Lipinski definition) is 5. The number of ether oxygens (including phenoxy) is 2. The second-order valence-corrected chi connectivity index (χ2v) is 9.66. The topological polar surface area (TPSA) is 67.9 Å². The van der Waals surface area contributed by atoms with Gasteiger partial charge < -0.3 is 19.7 Å². The summed E-state index contributed by atoms with van der Waals surface area (Å²) in [5.74, 6) is 1.56. The van der Waals surface area contributed by atoms with Crippen LogP contribution in [0.25, 0.3) is 12.2 Å². The zero-order valence-electron chi connectivity index (χ0n) is 19.0. The van der Waals surface area contributed by atoms with Gasteiger partial charge in [0.15, 0.2) is 5.60 Å². The van der Waals surface area contributed by atoms with Gasteiger partial charge in [-0.1, -0.05) is 25.2 Å². The van der Waals surface area contributed by atoms with E-state index >= 15 is 0 Å². The minimum Gasteiger partial charge on any atom is -0.438 e. The number of amides is 2. The molecule has 2 amide bonds. The Morgan fingerprint density at radius 1 is 1.29 bits per heavy atom. The summed E-state index contributed by atoms with van der Waals surface area (Å²) in [5.41, 5.74) is 0.764. The Labute approximate surface area is 189 Å². The molecule has 2 atom stereocenters. The van der Waals surface area contributed by atoms with Crippen LogP contribution in [-0.2, 0) is 9.47 Å². The molecule has 6 nitrogen and oxygen atoms in total. The molecule has 0 spiro atoms. The number of carbonyl (C=O) groups excluding carboxylic acids is 2. The van der Waals surface area contributed by atoms with Crippen molar-refractivity contribution in [2.24, 2.45) is 11.8 Å². The average Bonchev–Trinajstić information content (AvgIpc) is 3.13. The number of likely N-dealkylation sites (tertiary alicyclic amines) is 1. The first kappa shape index (κ1) is 23.5. The lowest BCUT2D eigenvalue weighted by atomic mass is 10.1. The van der Waals surface area contributed by atoms with Crippen molar-refractivity contribution in [1.29, 1.82) is 0 Å². The van der Waals surface area contributed by atoms with E-state index in [2.05, 4.69) is 24.4 Å². The van der Waals surface area contributed by atoms with Gasteiger partial charge in [0.05, 0.1) is 18.1 Å². The van der Waals surface area contributed by atoms with Crippen LogP contribution in [0, 0.1) is 11.8 Å². The van der Waals surface area contributed by atoms with Crippen molar-refractivity contribution in [1.82, 2.24) is 10.2 Å². The Hall–Kier alpha value is -2.12. The summed E-state index contributed by atoms with van der Waals surface area (Å²) in [6, 6.07) is 1.96. The monoisotopic (exact) mass is 446 g/mol. The highest BCUT2D eigenvalue weighted by Crippen LogP contribution is 2.45. The summed E-state index contributed by atoms with van der Waals surface area (Å²) in [6.07, 6.45) is 10.4. The molecule has 7 heteroatoms. The van der Waals surface area contributed by atoms with Crippen molar-refractivity contribution < 1.29 is 19.1 Å². The highest BCUT2D eigenvalue weighted by Gasteiger charge is 2.48. The minimum atomic E-state index is -0.357. The molecule has 2 unspecified atom stereocenters. The smallest absolute Gasteiger partial charge is 0.410 e. The first-order chi connectivity index (χ1) is 14.9. The van der Waals surface area contributed by atoms with Gasteiger partial charge in [-0.15, -0.1) is 11.3 Å². The highest BCUT2D eigenvalue weighted by atomic mass is 32.1. The lowest BCUT2D eigenvalue weighted by Crippen LogP contribution is -2.52. The number of fused-ring (bicyclic) bond motifs is 1. The maximum atomic E-state index is 11.7. The standard InChI is InChI=1S/C14H19NOS.C10H15NO3/c1-4-7-9-11-10-13(14(16)15-6-3)17-12(11)8-5-2;1-10(5-13-6-10)14-9(12)11-3-7-2-8(7)4-11/h5,7-10H,4,6H2,1-3H3,(H,15,16);7-8H,2-6H2,1H3/b8-5-,9-7+;. The average molecular weight is 447 g/mol. The second kappa shape index (κ2) is 10.5. The van der Waals surface area contributed by atoms with Gasteiger partial charge >= 0.3 is 6.09 Å². The highest BCUT2D eigenvalue weighted by molar-refractivity contribution is 7.15. The van der Waals surface area contributed by atoms with E-state index in [1.807, 2.05) is 43.9 Å². The summed E-state index contributed by atoms with van der Waals surface area (Å²) in [7, 11) is 0. The predicted octanol–water partition coefficient (Wildman–Crippen LogP) is 4.82. The molecule has 1 N–H and O–H groups in total. The molecule has 170 valence electrons. The molecule has 31 heavy (non-hydrogen) atoms. The maximum absolute atomic E-state index is 11.7. The van der Waals surface area contributed by atoms with Gasteiger partial charge in [-0.25, -0.2) is 4.79 Å².